The highest BCUT2D eigenvalue weighted by Crippen LogP contribution is 2.32. The van der Waals surface area contributed by atoms with Gasteiger partial charge in [0.25, 0.3) is 0 Å². The summed E-state index contributed by atoms with van der Waals surface area (Å²) in [6.45, 7) is 2.16. The molecule has 2 N–H and O–H groups in total. The topological polar surface area (TPSA) is 79.0 Å². The van der Waals surface area contributed by atoms with Crippen LogP contribution in [0.25, 0.3) is 11.0 Å². The van der Waals surface area contributed by atoms with Crippen molar-refractivity contribution in [3.05, 3.63) is 70.4 Å². The summed E-state index contributed by atoms with van der Waals surface area (Å²) >= 11 is 6.28. The summed E-state index contributed by atoms with van der Waals surface area (Å²) in [6.07, 6.45) is 0.884. The number of ether oxygens (including phenoxy) is 1. The Labute approximate surface area is 179 Å². The number of aromatic nitrogens is 4. The molecule has 0 spiro atoms. The van der Waals surface area contributed by atoms with Gasteiger partial charge >= 0.3 is 0 Å². The lowest BCUT2D eigenvalue weighted by Crippen LogP contribution is -2.29. The van der Waals surface area contributed by atoms with Crippen molar-refractivity contribution in [1.29, 1.82) is 0 Å². The fraction of sp³-hybridized carbons (Fsp3) is 0.227. The fourth-order valence-electron chi connectivity index (χ4n) is 3.73. The lowest BCUT2D eigenvalue weighted by Gasteiger charge is -2.28. The second-order valence-electron chi connectivity index (χ2n) is 7.24. The van der Waals surface area contributed by atoms with Crippen molar-refractivity contribution >= 4 is 34.4 Å². The molecule has 0 saturated heterocycles. The van der Waals surface area contributed by atoms with Gasteiger partial charge in [0.05, 0.1) is 18.2 Å². The molecule has 4 aromatic rings. The first-order chi connectivity index (χ1) is 14.7. The highest BCUT2D eigenvalue weighted by Gasteiger charge is 2.24. The Bertz CT molecular complexity index is 1190. The molecular weight excluding hydrogens is 400 g/mol. The Morgan fingerprint density at radius 1 is 1.13 bits per heavy atom. The third-order valence-corrected chi connectivity index (χ3v) is 5.70. The summed E-state index contributed by atoms with van der Waals surface area (Å²) < 4.78 is 5.27. The Hall–Kier alpha value is -3.32. The van der Waals surface area contributed by atoms with Gasteiger partial charge in [-0.3, -0.25) is 5.10 Å². The van der Waals surface area contributed by atoms with Crippen LogP contribution in [-0.4, -0.2) is 33.8 Å². The summed E-state index contributed by atoms with van der Waals surface area (Å²) in [4.78, 5) is 11.7. The molecule has 0 saturated carbocycles. The highest BCUT2D eigenvalue weighted by atomic mass is 35.5. The van der Waals surface area contributed by atoms with Crippen LogP contribution in [0.1, 0.15) is 16.8 Å². The lowest BCUT2D eigenvalue weighted by molar-refractivity contribution is 0.414. The van der Waals surface area contributed by atoms with Crippen molar-refractivity contribution in [3.63, 3.8) is 0 Å². The van der Waals surface area contributed by atoms with Crippen LogP contribution in [0.2, 0.25) is 5.02 Å². The molecule has 0 amide bonds. The number of nitrogens with one attached hydrogen (secondary N) is 2. The van der Waals surface area contributed by atoms with E-state index in [9.17, 15) is 0 Å². The number of aromatic amines is 1. The molecular formula is C22H21ClN6O. The predicted molar refractivity (Wildman–Crippen MR) is 118 cm³/mol. The molecule has 30 heavy (non-hydrogen) atoms. The zero-order chi connectivity index (χ0) is 20.5. The Morgan fingerprint density at radius 3 is 2.77 bits per heavy atom. The van der Waals surface area contributed by atoms with E-state index in [0.29, 0.717) is 18.1 Å². The molecule has 2 aromatic heterocycles. The van der Waals surface area contributed by atoms with E-state index < -0.39 is 0 Å². The summed E-state index contributed by atoms with van der Waals surface area (Å²) in [5, 5.41) is 12.5. The Balaban J connectivity index is 1.44. The van der Waals surface area contributed by atoms with E-state index in [1.807, 2.05) is 36.4 Å². The van der Waals surface area contributed by atoms with Gasteiger partial charge in [-0.1, -0.05) is 41.9 Å². The van der Waals surface area contributed by atoms with Crippen LogP contribution >= 0.6 is 11.6 Å². The van der Waals surface area contributed by atoms with Crippen molar-refractivity contribution in [2.45, 2.75) is 19.5 Å². The largest absolute Gasteiger partial charge is 0.497 e. The van der Waals surface area contributed by atoms with Crippen molar-refractivity contribution in [1.82, 2.24) is 20.2 Å². The molecule has 0 bridgehead atoms. The molecule has 0 atom stereocenters. The predicted octanol–water partition coefficient (Wildman–Crippen LogP) is 4.19. The molecule has 8 heteroatoms. The minimum absolute atomic E-state index is 0.539. The van der Waals surface area contributed by atoms with Gasteiger partial charge in [-0.15, -0.1) is 0 Å². The second-order valence-corrected chi connectivity index (χ2v) is 7.64. The monoisotopic (exact) mass is 420 g/mol. The van der Waals surface area contributed by atoms with Gasteiger partial charge in [-0.05, 0) is 29.3 Å². The number of nitrogens with zero attached hydrogens (tertiary/aromatic N) is 4. The second kappa shape index (κ2) is 7.84. The standard InChI is InChI=1S/C22H21ClN6O/c1-30-16-8-6-14(7-9-16)13-29-11-10-18-19-20(28-27-18)25-22(26-21(19)29)24-12-15-4-2-3-5-17(15)23/h2-9H,10-13H2,1H3,(H2,24,25,26,27,28). The number of rotatable bonds is 6. The maximum Gasteiger partial charge on any atom is 0.227 e. The summed E-state index contributed by atoms with van der Waals surface area (Å²) in [7, 11) is 1.68. The SMILES string of the molecule is COc1ccc(CN2CCc3[nH]nc4nc(NCc5ccccc5Cl)nc2c34)cc1. The lowest BCUT2D eigenvalue weighted by atomic mass is 10.1. The summed E-state index contributed by atoms with van der Waals surface area (Å²) in [5.41, 5.74) is 3.95. The zero-order valence-corrected chi connectivity index (χ0v) is 17.3. The van der Waals surface area contributed by atoms with Gasteiger partial charge in [0.15, 0.2) is 5.65 Å². The number of benzene rings is 2. The molecule has 5 rings (SSSR count). The van der Waals surface area contributed by atoms with E-state index in [1.54, 1.807) is 7.11 Å². The highest BCUT2D eigenvalue weighted by molar-refractivity contribution is 6.31. The van der Waals surface area contributed by atoms with E-state index in [1.165, 1.54) is 5.56 Å². The number of hydrogen-bond acceptors (Lipinski definition) is 6. The Kier molecular flexibility index (Phi) is 4.88. The Morgan fingerprint density at radius 2 is 1.97 bits per heavy atom. The van der Waals surface area contributed by atoms with Gasteiger partial charge in [0, 0.05) is 31.1 Å². The maximum absolute atomic E-state index is 6.28. The molecule has 152 valence electrons. The van der Waals surface area contributed by atoms with Crippen molar-refractivity contribution < 1.29 is 4.74 Å². The minimum Gasteiger partial charge on any atom is -0.497 e. The van der Waals surface area contributed by atoms with Gasteiger partial charge in [0.2, 0.25) is 5.95 Å². The van der Waals surface area contributed by atoms with Crippen LogP contribution in [0.3, 0.4) is 0 Å². The molecule has 2 aromatic carbocycles. The molecule has 1 aliphatic heterocycles. The first kappa shape index (κ1) is 18.7. The van der Waals surface area contributed by atoms with Crippen LogP contribution in [0.4, 0.5) is 11.8 Å². The maximum atomic E-state index is 6.28. The first-order valence-electron chi connectivity index (χ1n) is 9.81. The van der Waals surface area contributed by atoms with Gasteiger partial charge in [-0.25, -0.2) is 0 Å². The fourth-order valence-corrected chi connectivity index (χ4v) is 3.93. The van der Waals surface area contributed by atoms with Crippen molar-refractivity contribution in [2.24, 2.45) is 0 Å². The molecule has 0 aliphatic carbocycles. The molecule has 7 nitrogen and oxygen atoms in total. The van der Waals surface area contributed by atoms with Crippen molar-refractivity contribution in [3.8, 4) is 5.75 Å². The van der Waals surface area contributed by atoms with Crippen LogP contribution in [0, 0.1) is 0 Å². The molecule has 1 aliphatic rings. The number of H-pyrrole nitrogens is 1. The van der Waals surface area contributed by atoms with E-state index >= 15 is 0 Å². The molecule has 0 fully saturated rings. The smallest absolute Gasteiger partial charge is 0.227 e. The van der Waals surface area contributed by atoms with Gasteiger partial charge in [0.1, 0.15) is 11.6 Å². The minimum atomic E-state index is 0.539. The van der Waals surface area contributed by atoms with E-state index in [0.717, 1.165) is 52.7 Å². The average Bonchev–Trinajstić information content (AvgIpc) is 3.19. The molecule has 0 unspecified atom stereocenters. The number of anilines is 2. The summed E-state index contributed by atoms with van der Waals surface area (Å²) in [5.74, 6) is 2.29. The van der Waals surface area contributed by atoms with Gasteiger partial charge in [-0.2, -0.15) is 15.1 Å². The van der Waals surface area contributed by atoms with E-state index in [2.05, 4.69) is 37.5 Å². The first-order valence-corrected chi connectivity index (χ1v) is 10.2. The molecule has 0 radical (unpaired) electrons. The van der Waals surface area contributed by atoms with E-state index in [-0.39, 0.29) is 0 Å². The van der Waals surface area contributed by atoms with Crippen LogP contribution in [0.15, 0.2) is 48.5 Å². The number of halogens is 1. The van der Waals surface area contributed by atoms with Crippen LogP contribution < -0.4 is 15.0 Å². The quantitative estimate of drug-likeness (QED) is 0.487. The van der Waals surface area contributed by atoms with Crippen LogP contribution in [-0.2, 0) is 19.5 Å². The number of hydrogen-bond donors (Lipinski definition) is 2. The average molecular weight is 421 g/mol. The third-order valence-electron chi connectivity index (χ3n) is 5.33. The van der Waals surface area contributed by atoms with Crippen LogP contribution in [0.5, 0.6) is 5.75 Å². The zero-order valence-electron chi connectivity index (χ0n) is 16.5. The van der Waals surface area contributed by atoms with Gasteiger partial charge < -0.3 is 15.0 Å². The van der Waals surface area contributed by atoms with E-state index in [4.69, 9.17) is 21.3 Å². The normalized spacial score (nSPS) is 12.9. The summed E-state index contributed by atoms with van der Waals surface area (Å²) in [6, 6.07) is 15.9. The van der Waals surface area contributed by atoms with Crippen molar-refractivity contribution in [2.75, 3.05) is 23.9 Å². The third kappa shape index (κ3) is 3.52. The number of methoxy groups -OCH3 is 1. The molecule has 3 heterocycles.